The van der Waals surface area contributed by atoms with Crippen LogP contribution in [0.3, 0.4) is 0 Å². The van der Waals surface area contributed by atoms with Crippen molar-refractivity contribution < 1.29 is 9.26 Å². The summed E-state index contributed by atoms with van der Waals surface area (Å²) in [5.74, 6) is 0.985. The Morgan fingerprint density at radius 1 is 1.43 bits per heavy atom. The van der Waals surface area contributed by atoms with E-state index in [4.69, 9.17) is 9.26 Å². The monoisotopic (exact) mass is 194 g/mol. The van der Waals surface area contributed by atoms with Crippen molar-refractivity contribution in [2.24, 2.45) is 0 Å². The fraction of sp³-hybridized carbons (Fsp3) is 0.700. The van der Waals surface area contributed by atoms with E-state index >= 15 is 0 Å². The zero-order chi connectivity index (χ0) is 9.38. The Bertz CT molecular complexity index is 329. The van der Waals surface area contributed by atoms with E-state index in [1.165, 1.54) is 5.56 Å². The van der Waals surface area contributed by atoms with Crippen molar-refractivity contribution >= 4 is 0 Å². The minimum atomic E-state index is 0.171. The van der Waals surface area contributed by atoms with Gasteiger partial charge in [-0.15, -0.1) is 0 Å². The molecule has 0 aromatic carbocycles. The van der Waals surface area contributed by atoms with E-state index in [2.05, 4.69) is 10.5 Å². The van der Waals surface area contributed by atoms with Crippen LogP contribution in [0.4, 0.5) is 0 Å². The molecule has 0 aliphatic carbocycles. The van der Waals surface area contributed by atoms with Crippen molar-refractivity contribution in [2.45, 2.75) is 31.9 Å². The number of hydrogen-bond donors (Lipinski definition) is 1. The van der Waals surface area contributed by atoms with Crippen LogP contribution in [0.5, 0.6) is 0 Å². The van der Waals surface area contributed by atoms with Crippen LogP contribution in [0.2, 0.25) is 0 Å². The molecule has 1 fully saturated rings. The van der Waals surface area contributed by atoms with Gasteiger partial charge in [-0.3, -0.25) is 0 Å². The molecule has 4 nitrogen and oxygen atoms in total. The number of fused-ring (bicyclic) bond motifs is 1. The minimum Gasteiger partial charge on any atom is -0.370 e. The number of ether oxygens (including phenoxy) is 1. The summed E-state index contributed by atoms with van der Waals surface area (Å²) >= 11 is 0. The standard InChI is InChI=1S/C10H14N2O2/c1-2-9(13-5-1)10-7-3-4-11-6-8(7)12-14-10/h9,11H,1-6H2. The van der Waals surface area contributed by atoms with E-state index < -0.39 is 0 Å². The fourth-order valence-electron chi connectivity index (χ4n) is 2.22. The molecule has 0 amide bonds. The molecule has 1 N–H and O–H groups in total. The van der Waals surface area contributed by atoms with Crippen molar-refractivity contribution in [3.63, 3.8) is 0 Å². The normalized spacial score (nSPS) is 26.4. The van der Waals surface area contributed by atoms with Gasteiger partial charge in [-0.05, 0) is 25.8 Å². The second-order valence-corrected chi connectivity index (χ2v) is 3.90. The molecule has 0 bridgehead atoms. The molecule has 1 aromatic rings. The van der Waals surface area contributed by atoms with Crippen LogP contribution in [-0.4, -0.2) is 18.3 Å². The topological polar surface area (TPSA) is 47.3 Å². The van der Waals surface area contributed by atoms with Gasteiger partial charge < -0.3 is 14.6 Å². The average Bonchev–Trinajstić information content (AvgIpc) is 2.85. The van der Waals surface area contributed by atoms with Crippen LogP contribution >= 0.6 is 0 Å². The van der Waals surface area contributed by atoms with Crippen molar-refractivity contribution in [3.8, 4) is 0 Å². The molecule has 1 unspecified atom stereocenters. The maximum atomic E-state index is 5.61. The quantitative estimate of drug-likeness (QED) is 0.729. The first-order chi connectivity index (χ1) is 6.95. The van der Waals surface area contributed by atoms with Gasteiger partial charge in [0.05, 0.1) is 0 Å². The van der Waals surface area contributed by atoms with E-state index in [1.54, 1.807) is 0 Å². The lowest BCUT2D eigenvalue weighted by Gasteiger charge is -2.13. The molecule has 0 spiro atoms. The van der Waals surface area contributed by atoms with Gasteiger partial charge >= 0.3 is 0 Å². The summed E-state index contributed by atoms with van der Waals surface area (Å²) < 4.78 is 11.0. The minimum absolute atomic E-state index is 0.171. The molecule has 3 rings (SSSR count). The summed E-state index contributed by atoms with van der Waals surface area (Å²) in [7, 11) is 0. The van der Waals surface area contributed by atoms with Gasteiger partial charge in [0.15, 0.2) is 5.76 Å². The molecule has 1 aromatic heterocycles. The Hall–Kier alpha value is -0.870. The number of nitrogens with one attached hydrogen (secondary N) is 1. The zero-order valence-corrected chi connectivity index (χ0v) is 8.08. The van der Waals surface area contributed by atoms with Crippen molar-refractivity contribution in [3.05, 3.63) is 17.0 Å². The molecular formula is C10H14N2O2. The first kappa shape index (κ1) is 8.44. The van der Waals surface area contributed by atoms with E-state index in [-0.39, 0.29) is 6.10 Å². The molecular weight excluding hydrogens is 180 g/mol. The average molecular weight is 194 g/mol. The van der Waals surface area contributed by atoms with Crippen molar-refractivity contribution in [1.29, 1.82) is 0 Å². The van der Waals surface area contributed by atoms with Crippen molar-refractivity contribution in [1.82, 2.24) is 10.5 Å². The highest BCUT2D eigenvalue weighted by atomic mass is 16.5. The Morgan fingerprint density at radius 3 is 3.29 bits per heavy atom. The van der Waals surface area contributed by atoms with Gasteiger partial charge in [0.1, 0.15) is 11.8 Å². The Labute approximate surface area is 82.6 Å². The lowest BCUT2D eigenvalue weighted by molar-refractivity contribution is 0.0869. The molecule has 14 heavy (non-hydrogen) atoms. The van der Waals surface area contributed by atoms with Crippen LogP contribution in [0.15, 0.2) is 4.52 Å². The van der Waals surface area contributed by atoms with Gasteiger partial charge in [0.2, 0.25) is 0 Å². The van der Waals surface area contributed by atoms with Crippen LogP contribution in [0.25, 0.3) is 0 Å². The maximum absolute atomic E-state index is 5.61. The SMILES string of the molecule is C1COC(c2onc3c2CCNC3)C1. The Kier molecular flexibility index (Phi) is 2.03. The summed E-state index contributed by atoms with van der Waals surface area (Å²) in [6.07, 6.45) is 3.41. The maximum Gasteiger partial charge on any atom is 0.168 e. The highest BCUT2D eigenvalue weighted by molar-refractivity contribution is 5.27. The predicted octanol–water partition coefficient (Wildman–Crippen LogP) is 1.17. The summed E-state index contributed by atoms with van der Waals surface area (Å²) in [5.41, 5.74) is 2.36. The van der Waals surface area contributed by atoms with E-state index in [9.17, 15) is 0 Å². The van der Waals surface area contributed by atoms with Gasteiger partial charge in [0.25, 0.3) is 0 Å². The van der Waals surface area contributed by atoms with Gasteiger partial charge in [0, 0.05) is 18.7 Å². The molecule has 2 aliphatic rings. The van der Waals surface area contributed by atoms with E-state index in [0.29, 0.717) is 0 Å². The van der Waals surface area contributed by atoms with Crippen LogP contribution < -0.4 is 5.32 Å². The summed E-state index contributed by atoms with van der Waals surface area (Å²) in [6, 6.07) is 0. The number of hydrogen-bond acceptors (Lipinski definition) is 4. The first-order valence-electron chi connectivity index (χ1n) is 5.25. The third kappa shape index (κ3) is 1.26. The second kappa shape index (κ2) is 3.37. The zero-order valence-electron chi connectivity index (χ0n) is 8.08. The Morgan fingerprint density at radius 2 is 2.43 bits per heavy atom. The second-order valence-electron chi connectivity index (χ2n) is 3.90. The predicted molar refractivity (Wildman–Crippen MR) is 49.8 cm³/mol. The smallest absolute Gasteiger partial charge is 0.168 e. The van der Waals surface area contributed by atoms with Gasteiger partial charge in [-0.1, -0.05) is 5.16 Å². The molecule has 76 valence electrons. The lowest BCUT2D eigenvalue weighted by Crippen LogP contribution is -2.23. The fourth-order valence-corrected chi connectivity index (χ4v) is 2.22. The third-order valence-electron chi connectivity index (χ3n) is 2.97. The van der Waals surface area contributed by atoms with Crippen LogP contribution in [0.1, 0.15) is 36.0 Å². The van der Waals surface area contributed by atoms with E-state index in [0.717, 1.165) is 50.4 Å². The lowest BCUT2D eigenvalue weighted by atomic mass is 10.0. The Balaban J connectivity index is 1.93. The number of nitrogens with zero attached hydrogens (tertiary/aromatic N) is 1. The molecule has 2 aliphatic heterocycles. The molecule has 0 saturated carbocycles. The summed E-state index contributed by atoms with van der Waals surface area (Å²) in [6.45, 7) is 2.72. The first-order valence-corrected chi connectivity index (χ1v) is 5.25. The molecule has 1 atom stereocenters. The molecule has 1 saturated heterocycles. The largest absolute Gasteiger partial charge is 0.370 e. The molecule has 4 heteroatoms. The number of rotatable bonds is 1. The van der Waals surface area contributed by atoms with Crippen LogP contribution in [-0.2, 0) is 17.7 Å². The highest BCUT2D eigenvalue weighted by Gasteiger charge is 2.28. The van der Waals surface area contributed by atoms with E-state index in [1.807, 2.05) is 0 Å². The molecule has 0 radical (unpaired) electrons. The molecule has 3 heterocycles. The van der Waals surface area contributed by atoms with Gasteiger partial charge in [-0.25, -0.2) is 0 Å². The third-order valence-corrected chi connectivity index (χ3v) is 2.97. The van der Waals surface area contributed by atoms with Crippen LogP contribution in [0, 0.1) is 0 Å². The number of aromatic nitrogens is 1. The highest BCUT2D eigenvalue weighted by Crippen LogP contribution is 2.33. The summed E-state index contributed by atoms with van der Waals surface area (Å²) in [4.78, 5) is 0. The van der Waals surface area contributed by atoms with Gasteiger partial charge in [-0.2, -0.15) is 0 Å². The summed E-state index contributed by atoms with van der Waals surface area (Å²) in [5, 5.41) is 7.37. The van der Waals surface area contributed by atoms with Crippen molar-refractivity contribution in [2.75, 3.05) is 13.2 Å².